The molecule has 2 aliphatic rings. The molecule has 0 aromatic carbocycles. The van der Waals surface area contributed by atoms with Gasteiger partial charge in [-0.25, -0.2) is 9.97 Å². The van der Waals surface area contributed by atoms with E-state index < -0.39 is 0 Å². The van der Waals surface area contributed by atoms with E-state index in [1.807, 2.05) is 6.20 Å². The van der Waals surface area contributed by atoms with Crippen LogP contribution in [0.3, 0.4) is 0 Å². The third-order valence-corrected chi connectivity index (χ3v) is 4.25. The highest BCUT2D eigenvalue weighted by Crippen LogP contribution is 2.22. The van der Waals surface area contributed by atoms with Crippen LogP contribution in [0.25, 0.3) is 0 Å². The van der Waals surface area contributed by atoms with Crippen LogP contribution < -0.4 is 10.6 Å². The Labute approximate surface area is 151 Å². The third-order valence-electron chi connectivity index (χ3n) is 4.25. The zero-order valence-electron chi connectivity index (χ0n) is 12.9. The Hall–Kier alpha value is -0.330. The lowest BCUT2D eigenvalue weighted by molar-refractivity contribution is 0.309. The first-order valence-corrected chi connectivity index (χ1v) is 7.24. The number of nitrogens with zero attached hydrogens (tertiary/aromatic N) is 4. The summed E-state index contributed by atoms with van der Waals surface area (Å²) in [7, 11) is 2.15. The number of fused-ring (bicyclic) bond motifs is 1. The fourth-order valence-electron chi connectivity index (χ4n) is 3.04. The number of hydrogen-bond donors (Lipinski definition) is 1. The van der Waals surface area contributed by atoms with Crippen LogP contribution in [0, 0.1) is 5.92 Å². The number of anilines is 1. The Morgan fingerprint density at radius 2 is 2.05 bits per heavy atom. The first kappa shape index (κ1) is 21.7. The molecule has 0 bridgehead atoms. The largest absolute Gasteiger partial charge is 0.340 e. The number of rotatable bonds is 2. The average Bonchev–Trinajstić information content (AvgIpc) is 2.46. The van der Waals surface area contributed by atoms with E-state index in [4.69, 9.17) is 10.7 Å². The summed E-state index contributed by atoms with van der Waals surface area (Å²) in [6.07, 6.45) is 5.49. The molecule has 1 fully saturated rings. The molecule has 0 radical (unpaired) electrons. The molecule has 22 heavy (non-hydrogen) atoms. The highest BCUT2D eigenvalue weighted by atomic mass is 35.5. The molecule has 3 heterocycles. The molecule has 3 rings (SSSR count). The number of nitrogens with two attached hydrogens (primary N) is 1. The first-order valence-electron chi connectivity index (χ1n) is 7.24. The molecule has 1 atom stereocenters. The summed E-state index contributed by atoms with van der Waals surface area (Å²) in [6, 6.07) is 0. The van der Waals surface area contributed by atoms with E-state index in [2.05, 4.69) is 21.8 Å². The second-order valence-electron chi connectivity index (χ2n) is 5.82. The molecule has 1 unspecified atom stereocenters. The van der Waals surface area contributed by atoms with Gasteiger partial charge >= 0.3 is 0 Å². The smallest absolute Gasteiger partial charge is 0.225 e. The molecule has 0 spiro atoms. The molecule has 5 nitrogen and oxygen atoms in total. The minimum atomic E-state index is 0. The van der Waals surface area contributed by atoms with E-state index in [0.29, 0.717) is 5.92 Å². The Balaban J connectivity index is 0.00000147. The molecular formula is C14H26Cl3N5. The standard InChI is InChI=1S/C14H23N5.3ClH/c1-18-6-4-13-12(10-18)8-16-14(17-13)19-5-2-3-11(7-15)9-19;;;/h8,11H,2-7,9-10,15H2,1H3;3*1H. The van der Waals surface area contributed by atoms with Gasteiger partial charge in [0.05, 0.1) is 5.69 Å². The summed E-state index contributed by atoms with van der Waals surface area (Å²) in [6.45, 7) is 4.91. The van der Waals surface area contributed by atoms with Crippen molar-refractivity contribution in [2.45, 2.75) is 25.8 Å². The molecule has 0 saturated carbocycles. The van der Waals surface area contributed by atoms with Crippen LogP contribution in [-0.4, -0.2) is 48.1 Å². The van der Waals surface area contributed by atoms with Crippen LogP contribution in [0.5, 0.6) is 0 Å². The zero-order chi connectivity index (χ0) is 13.2. The van der Waals surface area contributed by atoms with Gasteiger partial charge in [-0.3, -0.25) is 0 Å². The topological polar surface area (TPSA) is 58.3 Å². The van der Waals surface area contributed by atoms with E-state index >= 15 is 0 Å². The molecule has 0 amide bonds. The Kier molecular flexibility index (Phi) is 9.58. The molecule has 1 aromatic rings. The summed E-state index contributed by atoms with van der Waals surface area (Å²) in [5.74, 6) is 1.50. The van der Waals surface area contributed by atoms with E-state index in [1.165, 1.54) is 24.1 Å². The zero-order valence-corrected chi connectivity index (χ0v) is 15.4. The quantitative estimate of drug-likeness (QED) is 0.861. The summed E-state index contributed by atoms with van der Waals surface area (Å²) < 4.78 is 0. The lowest BCUT2D eigenvalue weighted by Crippen LogP contribution is -2.39. The van der Waals surface area contributed by atoms with Gasteiger partial charge in [0.25, 0.3) is 0 Å². The van der Waals surface area contributed by atoms with Gasteiger partial charge in [0, 0.05) is 44.4 Å². The normalized spacial score (nSPS) is 21.0. The second-order valence-corrected chi connectivity index (χ2v) is 5.82. The lowest BCUT2D eigenvalue weighted by Gasteiger charge is -2.33. The SMILES string of the molecule is CN1CCc2nc(N3CCCC(CN)C3)ncc2C1.Cl.Cl.Cl. The van der Waals surface area contributed by atoms with Gasteiger partial charge in [0.15, 0.2) is 0 Å². The predicted molar refractivity (Wildman–Crippen MR) is 97.8 cm³/mol. The van der Waals surface area contributed by atoms with Crippen molar-refractivity contribution in [3.8, 4) is 0 Å². The van der Waals surface area contributed by atoms with Crippen molar-refractivity contribution in [2.75, 3.05) is 38.1 Å². The predicted octanol–water partition coefficient (Wildman–Crippen LogP) is 1.91. The average molecular weight is 371 g/mol. The van der Waals surface area contributed by atoms with Crippen LogP contribution in [0.15, 0.2) is 6.20 Å². The minimum absolute atomic E-state index is 0. The minimum Gasteiger partial charge on any atom is -0.340 e. The molecule has 1 saturated heterocycles. The van der Waals surface area contributed by atoms with Crippen molar-refractivity contribution in [3.63, 3.8) is 0 Å². The molecule has 2 aliphatic heterocycles. The molecule has 128 valence electrons. The van der Waals surface area contributed by atoms with Crippen LogP contribution in [0.1, 0.15) is 24.1 Å². The number of aromatic nitrogens is 2. The number of piperidine rings is 1. The van der Waals surface area contributed by atoms with E-state index in [-0.39, 0.29) is 37.2 Å². The van der Waals surface area contributed by atoms with Crippen molar-refractivity contribution in [1.29, 1.82) is 0 Å². The maximum Gasteiger partial charge on any atom is 0.225 e. The van der Waals surface area contributed by atoms with Gasteiger partial charge in [-0.15, -0.1) is 37.2 Å². The van der Waals surface area contributed by atoms with Gasteiger partial charge in [0.2, 0.25) is 5.95 Å². The number of halogens is 3. The summed E-state index contributed by atoms with van der Waals surface area (Å²) in [4.78, 5) is 14.0. The summed E-state index contributed by atoms with van der Waals surface area (Å²) in [5, 5.41) is 0. The van der Waals surface area contributed by atoms with Gasteiger partial charge in [-0.05, 0) is 32.4 Å². The number of hydrogen-bond acceptors (Lipinski definition) is 5. The number of likely N-dealkylation sites (N-methyl/N-ethyl adjacent to an activating group) is 1. The fourth-order valence-corrected chi connectivity index (χ4v) is 3.04. The van der Waals surface area contributed by atoms with Crippen LogP contribution in [0.4, 0.5) is 5.95 Å². The highest BCUT2D eigenvalue weighted by Gasteiger charge is 2.22. The van der Waals surface area contributed by atoms with Crippen LogP contribution in [-0.2, 0) is 13.0 Å². The molecule has 2 N–H and O–H groups in total. The summed E-state index contributed by atoms with van der Waals surface area (Å²) in [5.41, 5.74) is 8.31. The van der Waals surface area contributed by atoms with Gasteiger partial charge in [-0.1, -0.05) is 0 Å². The summed E-state index contributed by atoms with van der Waals surface area (Å²) >= 11 is 0. The van der Waals surface area contributed by atoms with Crippen molar-refractivity contribution >= 4 is 43.2 Å². The Morgan fingerprint density at radius 1 is 1.27 bits per heavy atom. The van der Waals surface area contributed by atoms with E-state index in [0.717, 1.165) is 45.1 Å². The monoisotopic (exact) mass is 369 g/mol. The second kappa shape index (κ2) is 9.73. The van der Waals surface area contributed by atoms with Crippen LogP contribution >= 0.6 is 37.2 Å². The Bertz CT molecular complexity index is 460. The van der Waals surface area contributed by atoms with E-state index in [1.54, 1.807) is 0 Å². The fraction of sp³-hybridized carbons (Fsp3) is 0.714. The van der Waals surface area contributed by atoms with Crippen molar-refractivity contribution in [1.82, 2.24) is 14.9 Å². The lowest BCUT2D eigenvalue weighted by atomic mass is 9.99. The van der Waals surface area contributed by atoms with Gasteiger partial charge in [-0.2, -0.15) is 0 Å². The van der Waals surface area contributed by atoms with Crippen molar-refractivity contribution in [2.24, 2.45) is 11.7 Å². The van der Waals surface area contributed by atoms with E-state index in [9.17, 15) is 0 Å². The molecule has 8 heteroatoms. The van der Waals surface area contributed by atoms with Gasteiger partial charge in [0.1, 0.15) is 0 Å². The maximum atomic E-state index is 5.80. The third kappa shape index (κ3) is 4.83. The molecular weight excluding hydrogens is 345 g/mol. The first-order chi connectivity index (χ1) is 9.26. The van der Waals surface area contributed by atoms with Gasteiger partial charge < -0.3 is 15.5 Å². The molecule has 1 aromatic heterocycles. The highest BCUT2D eigenvalue weighted by molar-refractivity contribution is 5.86. The van der Waals surface area contributed by atoms with Crippen molar-refractivity contribution in [3.05, 3.63) is 17.5 Å². The Morgan fingerprint density at radius 3 is 2.77 bits per heavy atom. The van der Waals surface area contributed by atoms with Crippen molar-refractivity contribution < 1.29 is 0 Å². The molecule has 0 aliphatic carbocycles. The maximum absolute atomic E-state index is 5.80. The van der Waals surface area contributed by atoms with Crippen LogP contribution in [0.2, 0.25) is 0 Å².